The molecule has 158 valence electrons. The first kappa shape index (κ1) is 21.7. The van der Waals surface area contributed by atoms with Gasteiger partial charge in [-0.2, -0.15) is 0 Å². The summed E-state index contributed by atoms with van der Waals surface area (Å²) in [7, 11) is 0. The zero-order valence-electron chi connectivity index (χ0n) is 16.9. The molecule has 0 spiro atoms. The number of aryl methyl sites for hydroxylation is 1. The van der Waals surface area contributed by atoms with E-state index >= 15 is 0 Å². The van der Waals surface area contributed by atoms with Crippen molar-refractivity contribution in [3.63, 3.8) is 0 Å². The summed E-state index contributed by atoms with van der Waals surface area (Å²) >= 11 is 0. The van der Waals surface area contributed by atoms with Crippen molar-refractivity contribution in [1.82, 2.24) is 0 Å². The van der Waals surface area contributed by atoms with Crippen LogP contribution in [0.25, 0.3) is 0 Å². The van der Waals surface area contributed by atoms with Gasteiger partial charge in [0, 0.05) is 5.69 Å². The third-order valence-electron chi connectivity index (χ3n) is 4.35. The number of para-hydroxylation sites is 1. The summed E-state index contributed by atoms with van der Waals surface area (Å²) in [5.74, 6) is -1.98. The minimum atomic E-state index is -0.618. The second-order valence-electron chi connectivity index (χ2n) is 6.88. The minimum Gasteiger partial charge on any atom is -0.455 e. The molecule has 2 N–H and O–H groups in total. The fourth-order valence-corrected chi connectivity index (χ4v) is 2.86. The van der Waals surface area contributed by atoms with E-state index in [1.165, 1.54) is 24.3 Å². The normalized spacial score (nSPS) is 10.3. The summed E-state index contributed by atoms with van der Waals surface area (Å²) in [6, 6.07) is 19.3. The lowest BCUT2D eigenvalue weighted by Crippen LogP contribution is -2.23. The smallest absolute Gasteiger partial charge is 0.310 e. The van der Waals surface area contributed by atoms with Crippen molar-refractivity contribution in [2.24, 2.45) is 0 Å². The molecule has 3 rings (SSSR count). The molecule has 31 heavy (non-hydrogen) atoms. The van der Waals surface area contributed by atoms with E-state index < -0.39 is 24.3 Å². The Balaban J connectivity index is 1.57. The highest BCUT2D eigenvalue weighted by Gasteiger charge is 2.15. The predicted octanol–water partition coefficient (Wildman–Crippen LogP) is 4.11. The van der Waals surface area contributed by atoms with Gasteiger partial charge in [0.05, 0.1) is 17.7 Å². The van der Waals surface area contributed by atoms with E-state index in [4.69, 9.17) is 4.74 Å². The van der Waals surface area contributed by atoms with E-state index in [0.717, 1.165) is 5.56 Å². The molecule has 0 unspecified atom stereocenters. The molecule has 3 aromatic rings. The summed E-state index contributed by atoms with van der Waals surface area (Å²) < 4.78 is 17.9. The van der Waals surface area contributed by atoms with Gasteiger partial charge in [-0.15, -0.1) is 0 Å². The lowest BCUT2D eigenvalue weighted by atomic mass is 10.1. The van der Waals surface area contributed by atoms with E-state index in [1.54, 1.807) is 30.3 Å². The number of amides is 2. The summed E-state index contributed by atoms with van der Waals surface area (Å²) in [6.45, 7) is 1.41. The van der Waals surface area contributed by atoms with Gasteiger partial charge in [-0.25, -0.2) is 4.39 Å². The molecule has 0 aliphatic heterocycles. The van der Waals surface area contributed by atoms with Crippen molar-refractivity contribution >= 4 is 29.2 Å². The van der Waals surface area contributed by atoms with Gasteiger partial charge in [0.2, 0.25) is 0 Å². The number of carbonyl (C=O) groups is 3. The first-order valence-corrected chi connectivity index (χ1v) is 9.57. The highest BCUT2D eigenvalue weighted by Crippen LogP contribution is 2.18. The number of benzene rings is 3. The highest BCUT2D eigenvalue weighted by molar-refractivity contribution is 6.10. The first-order valence-electron chi connectivity index (χ1n) is 9.57. The average Bonchev–Trinajstić information content (AvgIpc) is 2.74. The van der Waals surface area contributed by atoms with Crippen molar-refractivity contribution in [3.05, 3.63) is 95.3 Å². The minimum absolute atomic E-state index is 0.0803. The van der Waals surface area contributed by atoms with Crippen LogP contribution < -0.4 is 10.6 Å². The van der Waals surface area contributed by atoms with Crippen LogP contribution in [0.15, 0.2) is 72.8 Å². The van der Waals surface area contributed by atoms with Crippen LogP contribution in [0.4, 0.5) is 15.8 Å². The third kappa shape index (κ3) is 6.50. The third-order valence-corrected chi connectivity index (χ3v) is 4.35. The summed E-state index contributed by atoms with van der Waals surface area (Å²) in [6.07, 6.45) is -0.0803. The lowest BCUT2D eigenvalue weighted by molar-refractivity contribution is -0.146. The number of hydrogen-bond acceptors (Lipinski definition) is 4. The van der Waals surface area contributed by atoms with Crippen molar-refractivity contribution in [1.29, 1.82) is 0 Å². The van der Waals surface area contributed by atoms with Crippen LogP contribution in [0.5, 0.6) is 0 Å². The van der Waals surface area contributed by atoms with Crippen LogP contribution in [0.1, 0.15) is 21.5 Å². The fraction of sp³-hybridized carbons (Fsp3) is 0.125. The average molecular weight is 420 g/mol. The Kier molecular flexibility index (Phi) is 7.11. The molecular formula is C24H21FN2O4. The molecule has 0 atom stereocenters. The Morgan fingerprint density at radius 2 is 1.65 bits per heavy atom. The topological polar surface area (TPSA) is 84.5 Å². The Labute approximate surface area is 179 Å². The van der Waals surface area contributed by atoms with Gasteiger partial charge in [-0.3, -0.25) is 14.4 Å². The van der Waals surface area contributed by atoms with Gasteiger partial charge in [0.25, 0.3) is 11.8 Å². The van der Waals surface area contributed by atoms with E-state index in [-0.39, 0.29) is 17.9 Å². The number of carbonyl (C=O) groups excluding carboxylic acids is 3. The zero-order valence-corrected chi connectivity index (χ0v) is 16.9. The van der Waals surface area contributed by atoms with Crippen LogP contribution in [0, 0.1) is 12.7 Å². The van der Waals surface area contributed by atoms with Crippen molar-refractivity contribution < 1.29 is 23.5 Å². The largest absolute Gasteiger partial charge is 0.455 e. The zero-order chi connectivity index (χ0) is 22.2. The number of hydrogen-bond donors (Lipinski definition) is 2. The molecule has 0 saturated heterocycles. The molecule has 0 aliphatic carbocycles. The maximum Gasteiger partial charge on any atom is 0.310 e. The van der Waals surface area contributed by atoms with Crippen molar-refractivity contribution in [3.8, 4) is 0 Å². The Hall–Kier alpha value is -4.00. The van der Waals surface area contributed by atoms with Gasteiger partial charge >= 0.3 is 5.97 Å². The van der Waals surface area contributed by atoms with Gasteiger partial charge < -0.3 is 15.4 Å². The number of esters is 1. The number of halogens is 1. The highest BCUT2D eigenvalue weighted by atomic mass is 19.1. The second kappa shape index (κ2) is 10.2. The molecule has 0 saturated carbocycles. The van der Waals surface area contributed by atoms with Gasteiger partial charge in [-0.05, 0) is 54.4 Å². The molecule has 0 aliphatic rings. The lowest BCUT2D eigenvalue weighted by Gasteiger charge is -2.12. The van der Waals surface area contributed by atoms with Crippen LogP contribution in [-0.2, 0) is 20.7 Å². The monoisotopic (exact) mass is 420 g/mol. The molecule has 3 aromatic carbocycles. The van der Waals surface area contributed by atoms with E-state index in [0.29, 0.717) is 16.9 Å². The fourth-order valence-electron chi connectivity index (χ4n) is 2.86. The van der Waals surface area contributed by atoms with Gasteiger partial charge in [-0.1, -0.05) is 36.4 Å². The van der Waals surface area contributed by atoms with Gasteiger partial charge in [0.1, 0.15) is 5.82 Å². The van der Waals surface area contributed by atoms with Crippen LogP contribution in [-0.4, -0.2) is 24.4 Å². The second-order valence-corrected chi connectivity index (χ2v) is 6.88. The first-order chi connectivity index (χ1) is 14.9. The maximum absolute atomic E-state index is 12.9. The number of nitrogens with one attached hydrogen (secondary N) is 2. The summed E-state index contributed by atoms with van der Waals surface area (Å²) in [5, 5.41) is 5.38. The van der Waals surface area contributed by atoms with Crippen LogP contribution >= 0.6 is 0 Å². The maximum atomic E-state index is 12.9. The molecular weight excluding hydrogens is 399 g/mol. The molecule has 0 radical (unpaired) electrons. The Morgan fingerprint density at radius 1 is 0.903 bits per heavy atom. The number of ether oxygens (including phenoxy) is 1. The molecule has 0 fully saturated rings. The molecule has 0 aromatic heterocycles. The van der Waals surface area contributed by atoms with E-state index in [1.807, 2.05) is 25.1 Å². The Morgan fingerprint density at radius 3 is 2.39 bits per heavy atom. The summed E-state index contributed by atoms with van der Waals surface area (Å²) in [5.41, 5.74) is 2.79. The van der Waals surface area contributed by atoms with E-state index in [9.17, 15) is 18.8 Å². The SMILES string of the molecule is Cc1cccc(NC(=O)c2ccccc2NC(=O)COC(=O)Cc2ccc(F)cc2)c1. The molecule has 0 heterocycles. The summed E-state index contributed by atoms with van der Waals surface area (Å²) in [4.78, 5) is 36.8. The van der Waals surface area contributed by atoms with E-state index in [2.05, 4.69) is 10.6 Å². The van der Waals surface area contributed by atoms with Crippen LogP contribution in [0.2, 0.25) is 0 Å². The standard InChI is InChI=1S/C24H21FN2O4/c1-16-5-4-6-19(13-16)26-24(30)20-7-2-3-8-21(20)27-22(28)15-31-23(29)14-17-9-11-18(25)12-10-17/h2-13H,14-15H2,1H3,(H,26,30)(H,27,28). The molecule has 6 nitrogen and oxygen atoms in total. The number of rotatable bonds is 7. The van der Waals surface area contributed by atoms with Gasteiger partial charge in [0.15, 0.2) is 6.61 Å². The molecule has 7 heteroatoms. The van der Waals surface area contributed by atoms with Crippen molar-refractivity contribution in [2.75, 3.05) is 17.2 Å². The molecule has 2 amide bonds. The molecule has 0 bridgehead atoms. The Bertz CT molecular complexity index is 1100. The number of anilines is 2. The van der Waals surface area contributed by atoms with Crippen LogP contribution in [0.3, 0.4) is 0 Å². The quantitative estimate of drug-likeness (QED) is 0.564. The predicted molar refractivity (Wildman–Crippen MR) is 115 cm³/mol. The van der Waals surface area contributed by atoms with Crippen molar-refractivity contribution in [2.45, 2.75) is 13.3 Å².